The summed E-state index contributed by atoms with van der Waals surface area (Å²) in [6.45, 7) is 1.60. The first-order valence-corrected chi connectivity index (χ1v) is 5.82. The van der Waals surface area contributed by atoms with Crippen LogP contribution >= 0.6 is 0 Å². The minimum Gasteiger partial charge on any atom is -0.481 e. The summed E-state index contributed by atoms with van der Waals surface area (Å²) in [7, 11) is 1.28. The number of aromatic nitrogens is 2. The van der Waals surface area contributed by atoms with Crippen LogP contribution in [0.3, 0.4) is 0 Å². The summed E-state index contributed by atoms with van der Waals surface area (Å²) in [6.07, 6.45) is -5.17. The number of hydrogen-bond acceptors (Lipinski definition) is 3. The fraction of sp³-hybridized carbons (Fsp3) is 0.308. The Labute approximate surface area is 113 Å². The van der Waals surface area contributed by atoms with Crippen molar-refractivity contribution in [3.63, 3.8) is 0 Å². The van der Waals surface area contributed by atoms with Crippen molar-refractivity contribution in [1.29, 1.82) is 0 Å². The largest absolute Gasteiger partial charge is 0.481 e. The van der Waals surface area contributed by atoms with Crippen LogP contribution in [0, 0.1) is 0 Å². The van der Waals surface area contributed by atoms with E-state index in [4.69, 9.17) is 4.74 Å². The molecule has 1 N–H and O–H groups in total. The third-order valence-electron chi connectivity index (χ3n) is 2.80. The van der Waals surface area contributed by atoms with Gasteiger partial charge in [-0.1, -0.05) is 12.1 Å². The maximum atomic E-state index is 12.6. The molecular weight excluding hydrogens is 273 g/mol. The van der Waals surface area contributed by atoms with Crippen molar-refractivity contribution in [2.24, 2.45) is 0 Å². The molecule has 108 valence electrons. The molecule has 1 aromatic heterocycles. The molecule has 0 bridgehead atoms. The summed E-state index contributed by atoms with van der Waals surface area (Å²) in [6, 6.07) is 7.21. The lowest BCUT2D eigenvalue weighted by molar-refractivity contribution is -0.141. The van der Waals surface area contributed by atoms with Crippen LogP contribution in [-0.2, 0) is 6.18 Å². The van der Waals surface area contributed by atoms with Gasteiger partial charge in [0.05, 0.1) is 18.9 Å². The van der Waals surface area contributed by atoms with Crippen LogP contribution in [0.5, 0.6) is 5.88 Å². The number of hydrogen-bond donors (Lipinski definition) is 1. The number of benzene rings is 1. The molecule has 0 saturated heterocycles. The first-order chi connectivity index (χ1) is 9.32. The van der Waals surface area contributed by atoms with Gasteiger partial charge in [0.25, 0.3) is 0 Å². The van der Waals surface area contributed by atoms with Gasteiger partial charge in [-0.3, -0.25) is 0 Å². The highest BCUT2D eigenvalue weighted by Gasteiger charge is 2.35. The molecule has 2 rings (SSSR count). The van der Waals surface area contributed by atoms with E-state index in [0.29, 0.717) is 11.3 Å². The molecule has 1 heterocycles. The van der Waals surface area contributed by atoms with Gasteiger partial charge in [0.1, 0.15) is 0 Å². The van der Waals surface area contributed by atoms with Gasteiger partial charge in [-0.25, -0.2) is 4.68 Å². The number of nitrogens with zero attached hydrogens (tertiary/aromatic N) is 2. The van der Waals surface area contributed by atoms with Crippen LogP contribution in [-0.4, -0.2) is 22.0 Å². The third-order valence-corrected chi connectivity index (χ3v) is 2.80. The van der Waals surface area contributed by atoms with Gasteiger partial charge in [-0.2, -0.15) is 18.3 Å². The summed E-state index contributed by atoms with van der Waals surface area (Å²) in [5, 5.41) is 12.9. The minimum atomic E-state index is -4.53. The molecule has 0 spiro atoms. The van der Waals surface area contributed by atoms with Gasteiger partial charge in [0, 0.05) is 6.07 Å². The van der Waals surface area contributed by atoms with Crippen molar-refractivity contribution in [2.75, 3.05) is 7.11 Å². The lowest BCUT2D eigenvalue weighted by Gasteiger charge is -2.08. The predicted octanol–water partition coefficient (Wildman–Crippen LogP) is 2.95. The number of aliphatic hydroxyl groups is 1. The summed E-state index contributed by atoms with van der Waals surface area (Å²) in [5.74, 6) is -0.0119. The second kappa shape index (κ2) is 5.16. The van der Waals surface area contributed by atoms with Gasteiger partial charge < -0.3 is 9.84 Å². The average Bonchev–Trinajstić information content (AvgIpc) is 2.82. The SMILES string of the molecule is COc1cc(C(F)(F)F)nn1-c1ccc(C(C)O)cc1. The van der Waals surface area contributed by atoms with E-state index in [9.17, 15) is 18.3 Å². The number of ether oxygens (including phenoxy) is 1. The Morgan fingerprint density at radius 3 is 2.30 bits per heavy atom. The van der Waals surface area contributed by atoms with Crippen LogP contribution in [0.2, 0.25) is 0 Å². The Morgan fingerprint density at radius 1 is 1.25 bits per heavy atom. The first kappa shape index (κ1) is 14.4. The monoisotopic (exact) mass is 286 g/mol. The van der Waals surface area contributed by atoms with Crippen molar-refractivity contribution in [2.45, 2.75) is 19.2 Å². The predicted molar refractivity (Wildman–Crippen MR) is 65.8 cm³/mol. The smallest absolute Gasteiger partial charge is 0.435 e. The molecule has 4 nitrogen and oxygen atoms in total. The molecule has 2 aromatic rings. The molecule has 0 saturated carbocycles. The van der Waals surface area contributed by atoms with Gasteiger partial charge >= 0.3 is 6.18 Å². The lowest BCUT2D eigenvalue weighted by atomic mass is 10.1. The van der Waals surface area contributed by atoms with E-state index in [2.05, 4.69) is 5.10 Å². The van der Waals surface area contributed by atoms with Gasteiger partial charge in [0.2, 0.25) is 5.88 Å². The molecule has 0 fully saturated rings. The maximum Gasteiger partial charge on any atom is 0.435 e. The topological polar surface area (TPSA) is 47.3 Å². The third kappa shape index (κ3) is 2.77. The second-order valence-corrected chi connectivity index (χ2v) is 4.25. The summed E-state index contributed by atoms with van der Waals surface area (Å²) >= 11 is 0. The molecule has 20 heavy (non-hydrogen) atoms. The molecule has 1 aromatic carbocycles. The van der Waals surface area contributed by atoms with Gasteiger partial charge in [0.15, 0.2) is 5.69 Å². The van der Waals surface area contributed by atoms with E-state index in [0.717, 1.165) is 10.7 Å². The zero-order valence-electron chi connectivity index (χ0n) is 10.8. The summed E-state index contributed by atoms with van der Waals surface area (Å²) < 4.78 is 43.9. The zero-order valence-corrected chi connectivity index (χ0v) is 10.8. The summed E-state index contributed by atoms with van der Waals surface area (Å²) in [4.78, 5) is 0. The van der Waals surface area contributed by atoms with Gasteiger partial charge in [-0.15, -0.1) is 0 Å². The number of halogens is 3. The van der Waals surface area contributed by atoms with E-state index >= 15 is 0 Å². The maximum absolute atomic E-state index is 12.6. The van der Waals surface area contributed by atoms with Crippen molar-refractivity contribution in [3.8, 4) is 11.6 Å². The molecular formula is C13H13F3N2O2. The Morgan fingerprint density at radius 2 is 1.85 bits per heavy atom. The Balaban J connectivity index is 2.43. The Kier molecular flexibility index (Phi) is 3.71. The molecule has 7 heteroatoms. The molecule has 0 amide bonds. The average molecular weight is 286 g/mol. The number of rotatable bonds is 3. The summed E-state index contributed by atoms with van der Waals surface area (Å²) in [5.41, 5.74) is 0.0617. The van der Waals surface area contributed by atoms with Crippen molar-refractivity contribution in [1.82, 2.24) is 9.78 Å². The highest BCUT2D eigenvalue weighted by Crippen LogP contribution is 2.32. The molecule has 0 radical (unpaired) electrons. The van der Waals surface area contributed by atoms with Crippen molar-refractivity contribution >= 4 is 0 Å². The van der Waals surface area contributed by atoms with Gasteiger partial charge in [-0.05, 0) is 24.6 Å². The Bertz CT molecular complexity index is 589. The molecule has 1 unspecified atom stereocenters. The minimum absolute atomic E-state index is 0.0119. The van der Waals surface area contributed by atoms with E-state index in [1.807, 2.05) is 0 Å². The van der Waals surface area contributed by atoms with Crippen LogP contribution in [0.1, 0.15) is 24.3 Å². The quantitative estimate of drug-likeness (QED) is 0.943. The number of alkyl halides is 3. The van der Waals surface area contributed by atoms with Crippen molar-refractivity contribution < 1.29 is 23.0 Å². The highest BCUT2D eigenvalue weighted by atomic mass is 19.4. The normalized spacial score (nSPS) is 13.3. The van der Waals surface area contributed by atoms with E-state index < -0.39 is 18.0 Å². The van der Waals surface area contributed by atoms with Crippen LogP contribution in [0.4, 0.5) is 13.2 Å². The number of aliphatic hydroxyl groups excluding tert-OH is 1. The number of methoxy groups -OCH3 is 1. The Hall–Kier alpha value is -2.02. The molecule has 0 aliphatic heterocycles. The van der Waals surface area contributed by atoms with Crippen LogP contribution < -0.4 is 4.74 Å². The first-order valence-electron chi connectivity index (χ1n) is 5.82. The zero-order chi connectivity index (χ0) is 14.9. The van der Waals surface area contributed by atoms with E-state index in [1.165, 1.54) is 7.11 Å². The van der Waals surface area contributed by atoms with Crippen LogP contribution in [0.15, 0.2) is 30.3 Å². The molecule has 0 aliphatic carbocycles. The molecule has 1 atom stereocenters. The van der Waals surface area contributed by atoms with E-state index in [-0.39, 0.29) is 5.88 Å². The fourth-order valence-electron chi connectivity index (χ4n) is 1.73. The standard InChI is InChI=1S/C13H13F3N2O2/c1-8(19)9-3-5-10(6-4-9)18-12(20-2)7-11(17-18)13(14,15)16/h3-8,19H,1-2H3. The fourth-order valence-corrected chi connectivity index (χ4v) is 1.73. The van der Waals surface area contributed by atoms with Crippen molar-refractivity contribution in [3.05, 3.63) is 41.6 Å². The highest BCUT2D eigenvalue weighted by molar-refractivity contribution is 5.38. The lowest BCUT2D eigenvalue weighted by Crippen LogP contribution is -2.07. The van der Waals surface area contributed by atoms with Crippen LogP contribution in [0.25, 0.3) is 5.69 Å². The molecule has 0 aliphatic rings. The van der Waals surface area contributed by atoms with E-state index in [1.54, 1.807) is 31.2 Å². The second-order valence-electron chi connectivity index (χ2n) is 4.25.